The Bertz CT molecular complexity index is 778. The van der Waals surface area contributed by atoms with Gasteiger partial charge in [0, 0.05) is 5.57 Å². The molecule has 17 heteroatoms. The third-order valence-electron chi connectivity index (χ3n) is 3.85. The lowest BCUT2D eigenvalue weighted by molar-refractivity contribution is -0.404. The van der Waals surface area contributed by atoms with E-state index in [1.54, 1.807) is 0 Å². The van der Waals surface area contributed by atoms with Gasteiger partial charge in [-0.25, -0.2) is 9.18 Å². The minimum Gasteiger partial charge on any atom is -0.492 e. The van der Waals surface area contributed by atoms with Gasteiger partial charge in [-0.1, -0.05) is 22.4 Å². The zero-order valence-corrected chi connectivity index (χ0v) is 17.7. The molecule has 0 aromatic rings. The van der Waals surface area contributed by atoms with Crippen molar-refractivity contribution in [3.63, 3.8) is 0 Å². The van der Waals surface area contributed by atoms with Gasteiger partial charge < -0.3 is 9.47 Å². The summed E-state index contributed by atoms with van der Waals surface area (Å²) in [5.41, 5.74) is -0.692. The van der Waals surface area contributed by atoms with Crippen molar-refractivity contribution in [3.8, 4) is 0 Å². The molecule has 0 spiro atoms. The highest BCUT2D eigenvalue weighted by molar-refractivity contribution is 7.19. The average Bonchev–Trinajstić information content (AvgIpc) is 2.63. The van der Waals surface area contributed by atoms with Gasteiger partial charge in [-0.15, -0.1) is 0 Å². The van der Waals surface area contributed by atoms with Gasteiger partial charge in [0.1, 0.15) is 0 Å². The Kier molecular flexibility index (Phi) is 8.66. The van der Waals surface area contributed by atoms with Crippen molar-refractivity contribution in [2.45, 2.75) is 54.8 Å². The van der Waals surface area contributed by atoms with E-state index in [1.165, 1.54) is 0 Å². The first kappa shape index (κ1) is 31.3. The quantitative estimate of drug-likeness (QED) is 0.101. The second-order valence-corrected chi connectivity index (χ2v) is 7.56. The Hall–Kier alpha value is -1.73. The average molecular weight is 534 g/mol. The van der Waals surface area contributed by atoms with Gasteiger partial charge >= 0.3 is 41.5 Å². The summed E-state index contributed by atoms with van der Waals surface area (Å²) in [4.78, 5) is 11.0. The van der Waals surface area contributed by atoms with Crippen LogP contribution in [0, 0.1) is 0 Å². The van der Waals surface area contributed by atoms with Crippen molar-refractivity contribution < 1.29 is 71.3 Å². The van der Waals surface area contributed by atoms with Gasteiger partial charge in [0.05, 0.1) is 5.76 Å². The smallest absolute Gasteiger partial charge is 0.382 e. The van der Waals surface area contributed by atoms with Crippen LogP contribution < -0.4 is 0 Å². The standard InChI is InChI=1S/C16H16F13O3P/c1-7(2)9(30)32-6-11(19,20)13(23,24)16(29,33)15(27,28)14(25,26)12(21,22)10(17,18)5-31-8(3)4/h1,3,5-6,33H2,2,4H3/t16-/m1/s1. The number of allylic oxidation sites excluding steroid dienone is 1. The van der Waals surface area contributed by atoms with Crippen LogP contribution in [0.25, 0.3) is 0 Å². The molecule has 0 aliphatic carbocycles. The molecule has 3 nitrogen and oxygen atoms in total. The highest BCUT2D eigenvalue weighted by Gasteiger charge is 2.90. The largest absolute Gasteiger partial charge is 0.492 e. The van der Waals surface area contributed by atoms with E-state index in [0.29, 0.717) is 0 Å². The molecule has 1 unspecified atom stereocenters. The van der Waals surface area contributed by atoms with Crippen LogP contribution in [0.15, 0.2) is 24.5 Å². The van der Waals surface area contributed by atoms with Crippen molar-refractivity contribution in [2.24, 2.45) is 0 Å². The first-order valence-electron chi connectivity index (χ1n) is 8.10. The molecule has 0 heterocycles. The Balaban J connectivity index is 6.37. The molecular formula is C16H16F13O3P. The van der Waals surface area contributed by atoms with Crippen LogP contribution in [0.4, 0.5) is 57.1 Å². The van der Waals surface area contributed by atoms with Crippen molar-refractivity contribution in [2.75, 3.05) is 13.2 Å². The summed E-state index contributed by atoms with van der Waals surface area (Å²) in [6.07, 6.45) is 0. The summed E-state index contributed by atoms with van der Waals surface area (Å²) in [5, 5.41) is -6.68. The van der Waals surface area contributed by atoms with Crippen LogP contribution in [0.1, 0.15) is 13.8 Å². The molecule has 0 rings (SSSR count). The van der Waals surface area contributed by atoms with E-state index in [1.807, 2.05) is 0 Å². The highest BCUT2D eigenvalue weighted by atomic mass is 31.0. The summed E-state index contributed by atoms with van der Waals surface area (Å²) < 4.78 is 187. The molecule has 0 saturated carbocycles. The predicted molar refractivity (Wildman–Crippen MR) is 89.8 cm³/mol. The number of esters is 1. The number of alkyl halides is 13. The van der Waals surface area contributed by atoms with E-state index in [4.69, 9.17) is 0 Å². The minimum atomic E-state index is -7.70. The summed E-state index contributed by atoms with van der Waals surface area (Å²) in [5.74, 6) is -44.7. The molecule has 0 aliphatic rings. The molecule has 0 aromatic heterocycles. The van der Waals surface area contributed by atoms with Crippen LogP contribution >= 0.6 is 9.24 Å². The van der Waals surface area contributed by atoms with Crippen molar-refractivity contribution in [1.82, 2.24) is 0 Å². The monoisotopic (exact) mass is 534 g/mol. The van der Waals surface area contributed by atoms with E-state index >= 15 is 0 Å². The van der Waals surface area contributed by atoms with Crippen LogP contribution in [-0.4, -0.2) is 60.1 Å². The predicted octanol–water partition coefficient (Wildman–Crippen LogP) is 6.01. The summed E-state index contributed by atoms with van der Waals surface area (Å²) >= 11 is 0. The van der Waals surface area contributed by atoms with Crippen molar-refractivity contribution in [1.29, 1.82) is 0 Å². The Labute approximate surface area is 180 Å². The SMILES string of the molecule is C=C(C)OCC(F)(F)C(F)(F)C(F)(F)C(F)(F)[C@](F)(P)C(F)(F)C(F)(F)COC(=O)C(=C)C. The number of rotatable bonds is 12. The maximum Gasteiger partial charge on any atom is 0.382 e. The van der Waals surface area contributed by atoms with Gasteiger partial charge in [0.15, 0.2) is 13.2 Å². The third kappa shape index (κ3) is 5.19. The number of hydrogen-bond acceptors (Lipinski definition) is 3. The molecule has 0 bridgehead atoms. The van der Waals surface area contributed by atoms with Crippen LogP contribution in [-0.2, 0) is 14.3 Å². The maximum atomic E-state index is 14.3. The Morgan fingerprint density at radius 2 is 1.03 bits per heavy atom. The lowest BCUT2D eigenvalue weighted by Gasteiger charge is -2.44. The second-order valence-electron chi connectivity index (χ2n) is 6.77. The molecule has 0 aliphatic heterocycles. The topological polar surface area (TPSA) is 35.5 Å². The summed E-state index contributed by atoms with van der Waals surface area (Å²) in [6.45, 7) is 1.53. The molecule has 0 N–H and O–H groups in total. The fourth-order valence-corrected chi connectivity index (χ4v) is 2.19. The van der Waals surface area contributed by atoms with E-state index in [0.717, 1.165) is 13.8 Å². The Morgan fingerprint density at radius 3 is 1.39 bits per heavy atom. The van der Waals surface area contributed by atoms with Crippen molar-refractivity contribution >= 4 is 15.2 Å². The number of hydrogen-bond donors (Lipinski definition) is 0. The molecule has 33 heavy (non-hydrogen) atoms. The summed E-state index contributed by atoms with van der Waals surface area (Å²) in [7, 11) is -0.494. The number of carbonyl (C=O) groups is 1. The van der Waals surface area contributed by atoms with Gasteiger partial charge in [-0.05, 0) is 13.8 Å². The zero-order chi connectivity index (χ0) is 27.1. The highest BCUT2D eigenvalue weighted by Crippen LogP contribution is 2.63. The van der Waals surface area contributed by atoms with Crippen LogP contribution in [0.3, 0.4) is 0 Å². The van der Waals surface area contributed by atoms with Gasteiger partial charge in [0.2, 0.25) is 0 Å². The fraction of sp³-hybridized carbons (Fsp3) is 0.688. The fourth-order valence-electron chi connectivity index (χ4n) is 1.79. The zero-order valence-electron chi connectivity index (χ0n) is 16.5. The van der Waals surface area contributed by atoms with Crippen LogP contribution in [0.5, 0.6) is 0 Å². The lowest BCUT2D eigenvalue weighted by Crippen LogP contribution is -2.73. The number of ether oxygens (including phenoxy) is 2. The van der Waals surface area contributed by atoms with Gasteiger partial charge in [0.25, 0.3) is 5.41 Å². The second kappa shape index (κ2) is 9.14. The van der Waals surface area contributed by atoms with E-state index in [-0.39, 0.29) is 0 Å². The molecule has 0 radical (unpaired) electrons. The molecule has 0 fully saturated rings. The van der Waals surface area contributed by atoms with Crippen molar-refractivity contribution in [3.05, 3.63) is 24.5 Å². The van der Waals surface area contributed by atoms with Gasteiger partial charge in [-0.3, -0.25) is 0 Å². The van der Waals surface area contributed by atoms with E-state index in [9.17, 15) is 61.9 Å². The normalized spacial score (nSPS) is 16.1. The molecule has 0 aromatic carbocycles. The molecule has 194 valence electrons. The number of carbonyl (C=O) groups excluding carboxylic acids is 1. The first-order chi connectivity index (χ1) is 14.2. The third-order valence-corrected chi connectivity index (χ3v) is 4.58. The maximum absolute atomic E-state index is 14.3. The molecule has 0 saturated heterocycles. The van der Waals surface area contributed by atoms with E-state index < -0.39 is 80.7 Å². The minimum absolute atomic E-state index is 0.494. The van der Waals surface area contributed by atoms with Crippen LogP contribution in [0.2, 0.25) is 0 Å². The molecular weight excluding hydrogens is 518 g/mol. The molecule has 2 atom stereocenters. The number of halogens is 13. The Morgan fingerprint density at radius 1 is 0.667 bits per heavy atom. The first-order valence-corrected chi connectivity index (χ1v) is 8.68. The lowest BCUT2D eigenvalue weighted by atomic mass is 9.90. The van der Waals surface area contributed by atoms with E-state index in [2.05, 4.69) is 22.6 Å². The summed E-state index contributed by atoms with van der Waals surface area (Å²) in [6, 6.07) is 0. The van der Waals surface area contributed by atoms with Gasteiger partial charge in [-0.2, -0.15) is 52.7 Å². The molecule has 0 amide bonds.